The maximum absolute atomic E-state index is 13.5. The first-order valence-corrected chi connectivity index (χ1v) is 8.00. The molecule has 0 aliphatic rings. The van der Waals surface area contributed by atoms with Gasteiger partial charge >= 0.3 is 6.03 Å². The van der Waals surface area contributed by atoms with E-state index in [1.165, 1.54) is 12.1 Å². The fourth-order valence-electron chi connectivity index (χ4n) is 2.36. The summed E-state index contributed by atoms with van der Waals surface area (Å²) in [5.74, 6) is 0.491. The standard InChI is InChI=1S/C17H23FN4O2/c1-13-19-9-11-22(13)10-5-4-8-20-17(24)21-12-16(23)14-6-2-3-7-15(14)18/h2-3,6-7,9,11,16,23H,4-5,8,10,12H2,1H3,(H2,20,21,24). The van der Waals surface area contributed by atoms with E-state index in [9.17, 15) is 14.3 Å². The molecular weight excluding hydrogens is 311 g/mol. The number of carbonyl (C=O) groups is 1. The number of hydrogen-bond acceptors (Lipinski definition) is 3. The number of aliphatic hydroxyl groups is 1. The molecule has 0 saturated carbocycles. The molecule has 3 N–H and O–H groups in total. The molecule has 24 heavy (non-hydrogen) atoms. The molecule has 1 aromatic carbocycles. The molecule has 1 aromatic heterocycles. The van der Waals surface area contributed by atoms with Crippen molar-refractivity contribution in [3.63, 3.8) is 0 Å². The second-order valence-electron chi connectivity index (χ2n) is 5.55. The van der Waals surface area contributed by atoms with E-state index >= 15 is 0 Å². The smallest absolute Gasteiger partial charge is 0.314 e. The molecule has 1 atom stereocenters. The lowest BCUT2D eigenvalue weighted by molar-refractivity contribution is 0.169. The van der Waals surface area contributed by atoms with Crippen molar-refractivity contribution < 1.29 is 14.3 Å². The Balaban J connectivity index is 1.60. The Morgan fingerprint density at radius 3 is 2.83 bits per heavy atom. The molecule has 2 aromatic rings. The minimum atomic E-state index is -1.07. The summed E-state index contributed by atoms with van der Waals surface area (Å²) >= 11 is 0. The van der Waals surface area contributed by atoms with Crippen LogP contribution in [0.5, 0.6) is 0 Å². The average Bonchev–Trinajstić information content (AvgIpc) is 2.98. The van der Waals surface area contributed by atoms with Crippen molar-refractivity contribution >= 4 is 6.03 Å². The van der Waals surface area contributed by atoms with Gasteiger partial charge in [0.05, 0.1) is 6.10 Å². The van der Waals surface area contributed by atoms with E-state index in [4.69, 9.17) is 0 Å². The molecule has 7 heteroatoms. The third kappa shape index (κ3) is 5.34. The zero-order valence-electron chi connectivity index (χ0n) is 13.7. The maximum atomic E-state index is 13.5. The quantitative estimate of drug-likeness (QED) is 0.647. The van der Waals surface area contributed by atoms with Gasteiger partial charge in [-0.05, 0) is 25.8 Å². The number of unbranched alkanes of at least 4 members (excludes halogenated alkanes) is 1. The SMILES string of the molecule is Cc1nccn1CCCCNC(=O)NCC(O)c1ccccc1F. The number of aromatic nitrogens is 2. The second-order valence-corrected chi connectivity index (χ2v) is 5.55. The molecule has 1 unspecified atom stereocenters. The number of amides is 2. The van der Waals surface area contributed by atoms with E-state index in [0.29, 0.717) is 6.54 Å². The van der Waals surface area contributed by atoms with Crippen LogP contribution in [0.4, 0.5) is 9.18 Å². The van der Waals surface area contributed by atoms with Crippen LogP contribution in [0, 0.1) is 12.7 Å². The van der Waals surface area contributed by atoms with Crippen molar-refractivity contribution in [1.82, 2.24) is 20.2 Å². The minimum absolute atomic E-state index is 0.0407. The van der Waals surface area contributed by atoms with Crippen LogP contribution >= 0.6 is 0 Å². The molecule has 0 saturated heterocycles. The number of nitrogens with zero attached hydrogens (tertiary/aromatic N) is 2. The summed E-state index contributed by atoms with van der Waals surface area (Å²) in [4.78, 5) is 15.8. The van der Waals surface area contributed by atoms with Gasteiger partial charge < -0.3 is 20.3 Å². The van der Waals surface area contributed by atoms with Gasteiger partial charge in [0.1, 0.15) is 11.6 Å². The van der Waals surface area contributed by atoms with Gasteiger partial charge in [0, 0.05) is 37.6 Å². The van der Waals surface area contributed by atoms with E-state index in [2.05, 4.69) is 20.2 Å². The Labute approximate surface area is 140 Å². The van der Waals surface area contributed by atoms with Crippen molar-refractivity contribution in [2.45, 2.75) is 32.4 Å². The van der Waals surface area contributed by atoms with Gasteiger partial charge in [0.2, 0.25) is 0 Å². The summed E-state index contributed by atoms with van der Waals surface area (Å²) in [6, 6.07) is 5.60. The van der Waals surface area contributed by atoms with Crippen LogP contribution in [0.25, 0.3) is 0 Å². The van der Waals surface area contributed by atoms with Crippen LogP contribution < -0.4 is 10.6 Å². The number of nitrogens with one attached hydrogen (secondary N) is 2. The molecule has 0 aliphatic heterocycles. The number of carbonyl (C=O) groups excluding carboxylic acids is 1. The number of aryl methyl sites for hydroxylation is 2. The second kappa shape index (κ2) is 9.02. The van der Waals surface area contributed by atoms with Gasteiger partial charge in [0.25, 0.3) is 0 Å². The summed E-state index contributed by atoms with van der Waals surface area (Å²) in [5.41, 5.74) is 0.175. The van der Waals surface area contributed by atoms with Gasteiger partial charge in [-0.2, -0.15) is 0 Å². The van der Waals surface area contributed by atoms with Gasteiger partial charge in [-0.25, -0.2) is 14.2 Å². The van der Waals surface area contributed by atoms with Gasteiger partial charge in [-0.15, -0.1) is 0 Å². The first-order valence-electron chi connectivity index (χ1n) is 8.00. The zero-order chi connectivity index (χ0) is 17.4. The number of halogens is 1. The number of rotatable bonds is 8. The highest BCUT2D eigenvalue weighted by molar-refractivity contribution is 5.73. The highest BCUT2D eigenvalue weighted by Crippen LogP contribution is 2.15. The van der Waals surface area contributed by atoms with Gasteiger partial charge in [-0.3, -0.25) is 0 Å². The third-order valence-electron chi connectivity index (χ3n) is 3.76. The number of hydrogen-bond donors (Lipinski definition) is 3. The highest BCUT2D eigenvalue weighted by atomic mass is 19.1. The summed E-state index contributed by atoms with van der Waals surface area (Å²) in [7, 11) is 0. The Hall–Kier alpha value is -2.41. The molecular formula is C17H23FN4O2. The number of urea groups is 1. The van der Waals surface area contributed by atoms with Crippen LogP contribution in [-0.2, 0) is 6.54 Å². The molecule has 1 heterocycles. The van der Waals surface area contributed by atoms with Crippen molar-refractivity contribution in [2.75, 3.05) is 13.1 Å². The van der Waals surface area contributed by atoms with E-state index in [0.717, 1.165) is 25.2 Å². The minimum Gasteiger partial charge on any atom is -0.386 e. The summed E-state index contributed by atoms with van der Waals surface area (Å²) in [5, 5.41) is 15.2. The highest BCUT2D eigenvalue weighted by Gasteiger charge is 2.12. The molecule has 0 fully saturated rings. The van der Waals surface area contributed by atoms with Gasteiger partial charge in [0.15, 0.2) is 0 Å². The van der Waals surface area contributed by atoms with Crippen molar-refractivity contribution in [3.8, 4) is 0 Å². The fourth-order valence-corrected chi connectivity index (χ4v) is 2.36. The summed E-state index contributed by atoms with van der Waals surface area (Å²) in [6.45, 7) is 3.31. The lowest BCUT2D eigenvalue weighted by atomic mass is 10.1. The lowest BCUT2D eigenvalue weighted by Crippen LogP contribution is -2.38. The number of aliphatic hydroxyl groups excluding tert-OH is 1. The monoisotopic (exact) mass is 334 g/mol. The summed E-state index contributed by atoms with van der Waals surface area (Å²) < 4.78 is 15.6. The van der Waals surface area contributed by atoms with Crippen LogP contribution in [0.15, 0.2) is 36.7 Å². The van der Waals surface area contributed by atoms with E-state index < -0.39 is 11.9 Å². The molecule has 130 valence electrons. The molecule has 0 radical (unpaired) electrons. The molecule has 0 spiro atoms. The Kier molecular flexibility index (Phi) is 6.74. The number of benzene rings is 1. The van der Waals surface area contributed by atoms with Crippen molar-refractivity contribution in [3.05, 3.63) is 53.9 Å². The predicted octanol–water partition coefficient (Wildman–Crippen LogP) is 2.14. The Morgan fingerprint density at radius 1 is 1.33 bits per heavy atom. The molecule has 2 amide bonds. The number of imidazole rings is 1. The Bertz CT molecular complexity index is 660. The normalized spacial score (nSPS) is 12.0. The van der Waals surface area contributed by atoms with Crippen LogP contribution in [0.3, 0.4) is 0 Å². The third-order valence-corrected chi connectivity index (χ3v) is 3.76. The van der Waals surface area contributed by atoms with E-state index in [1.807, 2.05) is 13.1 Å². The molecule has 6 nitrogen and oxygen atoms in total. The Morgan fingerprint density at radius 2 is 2.12 bits per heavy atom. The van der Waals surface area contributed by atoms with Crippen LogP contribution in [0.2, 0.25) is 0 Å². The summed E-state index contributed by atoms with van der Waals surface area (Å²) in [6.07, 6.45) is 4.39. The largest absolute Gasteiger partial charge is 0.386 e. The molecule has 0 bridgehead atoms. The van der Waals surface area contributed by atoms with Crippen molar-refractivity contribution in [2.24, 2.45) is 0 Å². The first-order chi connectivity index (χ1) is 11.6. The first kappa shape index (κ1) is 17.9. The lowest BCUT2D eigenvalue weighted by Gasteiger charge is -2.13. The van der Waals surface area contributed by atoms with Gasteiger partial charge in [-0.1, -0.05) is 18.2 Å². The van der Waals surface area contributed by atoms with E-state index in [-0.39, 0.29) is 18.1 Å². The molecule has 0 aliphatic carbocycles. The van der Waals surface area contributed by atoms with E-state index in [1.54, 1.807) is 18.3 Å². The molecule has 2 rings (SSSR count). The zero-order valence-corrected chi connectivity index (χ0v) is 13.7. The average molecular weight is 334 g/mol. The van der Waals surface area contributed by atoms with Crippen LogP contribution in [0.1, 0.15) is 30.3 Å². The topological polar surface area (TPSA) is 79.2 Å². The maximum Gasteiger partial charge on any atom is 0.314 e. The predicted molar refractivity (Wildman–Crippen MR) is 89.0 cm³/mol. The fraction of sp³-hybridized carbons (Fsp3) is 0.412. The van der Waals surface area contributed by atoms with Crippen LogP contribution in [-0.4, -0.2) is 33.8 Å². The van der Waals surface area contributed by atoms with Crippen molar-refractivity contribution in [1.29, 1.82) is 0 Å².